The molecule has 2 fully saturated rings. The smallest absolute Gasteiger partial charge is 0.191 e. The summed E-state index contributed by atoms with van der Waals surface area (Å²) in [6.07, 6.45) is 2.68. The van der Waals surface area contributed by atoms with Crippen molar-refractivity contribution in [1.82, 2.24) is 20.4 Å². The third kappa shape index (κ3) is 8.24. The minimum Gasteiger partial charge on any atom is -0.379 e. The Morgan fingerprint density at radius 3 is 2.09 bits per heavy atom. The van der Waals surface area contributed by atoms with E-state index in [1.807, 2.05) is 7.05 Å². The highest BCUT2D eigenvalue weighted by molar-refractivity contribution is 14.0. The van der Waals surface area contributed by atoms with E-state index in [0.717, 1.165) is 58.4 Å². The third-order valence-electron chi connectivity index (χ3n) is 6.37. The van der Waals surface area contributed by atoms with Crippen molar-refractivity contribution in [3.05, 3.63) is 70.8 Å². The lowest BCUT2D eigenvalue weighted by Gasteiger charge is -2.27. The number of morpholine rings is 1. The lowest BCUT2D eigenvalue weighted by Crippen LogP contribution is -2.37. The molecule has 0 unspecified atom stereocenters. The largest absolute Gasteiger partial charge is 0.379 e. The summed E-state index contributed by atoms with van der Waals surface area (Å²) in [5.41, 5.74) is 5.35. The number of rotatable bonds is 8. The van der Waals surface area contributed by atoms with Crippen LogP contribution in [0.1, 0.15) is 35.1 Å². The maximum atomic E-state index is 5.48. The lowest BCUT2D eigenvalue weighted by atomic mass is 10.1. The van der Waals surface area contributed by atoms with Gasteiger partial charge in [0.2, 0.25) is 0 Å². The Morgan fingerprint density at radius 1 is 0.788 bits per heavy atom. The zero-order chi connectivity index (χ0) is 22.0. The highest BCUT2D eigenvalue weighted by Crippen LogP contribution is 2.14. The number of guanidine groups is 1. The zero-order valence-corrected chi connectivity index (χ0v) is 22.1. The second-order valence-corrected chi connectivity index (χ2v) is 8.74. The Labute approximate surface area is 215 Å². The summed E-state index contributed by atoms with van der Waals surface area (Å²) < 4.78 is 5.48. The van der Waals surface area contributed by atoms with E-state index in [-0.39, 0.29) is 24.0 Å². The van der Waals surface area contributed by atoms with Crippen molar-refractivity contribution in [2.45, 2.75) is 39.0 Å². The standard InChI is InChI=1S/C26H37N5O.HI/c1-27-26(28-18-22-8-10-23(11-9-22)20-30-12-4-5-13-30)29-19-24-6-2-3-7-25(24)21-31-14-16-32-17-15-31;/h2-3,6-11H,4-5,12-21H2,1H3,(H2,27,28,29);1H. The van der Waals surface area contributed by atoms with Crippen LogP contribution in [0.4, 0.5) is 0 Å². The van der Waals surface area contributed by atoms with Crippen molar-refractivity contribution in [2.24, 2.45) is 4.99 Å². The van der Waals surface area contributed by atoms with Crippen LogP contribution in [0.3, 0.4) is 0 Å². The minimum absolute atomic E-state index is 0. The summed E-state index contributed by atoms with van der Waals surface area (Å²) in [7, 11) is 1.83. The number of aliphatic imine (C=N–C) groups is 1. The van der Waals surface area contributed by atoms with Crippen LogP contribution in [0.2, 0.25) is 0 Å². The Kier molecular flexibility index (Phi) is 10.9. The van der Waals surface area contributed by atoms with Crippen LogP contribution in [0.25, 0.3) is 0 Å². The SMILES string of the molecule is CN=C(NCc1ccc(CN2CCCC2)cc1)NCc1ccccc1CN1CCOCC1.I. The predicted octanol–water partition coefficient (Wildman–Crippen LogP) is 3.60. The monoisotopic (exact) mass is 563 g/mol. The summed E-state index contributed by atoms with van der Waals surface area (Å²) in [6, 6.07) is 17.6. The molecule has 2 aromatic rings. The zero-order valence-electron chi connectivity index (χ0n) is 19.8. The maximum Gasteiger partial charge on any atom is 0.191 e. The first kappa shape index (κ1) is 25.9. The summed E-state index contributed by atoms with van der Waals surface area (Å²) in [5.74, 6) is 0.826. The second kappa shape index (κ2) is 13.9. The third-order valence-corrected chi connectivity index (χ3v) is 6.37. The number of benzene rings is 2. The number of nitrogens with zero attached hydrogens (tertiary/aromatic N) is 3. The molecule has 33 heavy (non-hydrogen) atoms. The van der Waals surface area contributed by atoms with E-state index >= 15 is 0 Å². The van der Waals surface area contributed by atoms with Gasteiger partial charge in [0.15, 0.2) is 5.96 Å². The molecule has 0 aliphatic carbocycles. The van der Waals surface area contributed by atoms with Crippen LogP contribution in [-0.4, -0.2) is 62.2 Å². The van der Waals surface area contributed by atoms with Crippen LogP contribution in [0.5, 0.6) is 0 Å². The summed E-state index contributed by atoms with van der Waals surface area (Å²) in [4.78, 5) is 9.41. The van der Waals surface area contributed by atoms with E-state index in [9.17, 15) is 0 Å². The molecule has 2 saturated heterocycles. The van der Waals surface area contributed by atoms with Gasteiger partial charge in [-0.15, -0.1) is 24.0 Å². The molecule has 0 atom stereocenters. The summed E-state index contributed by atoms with van der Waals surface area (Å²) >= 11 is 0. The quantitative estimate of drug-likeness (QED) is 0.292. The average molecular weight is 564 g/mol. The highest BCUT2D eigenvalue weighted by atomic mass is 127. The first-order chi connectivity index (χ1) is 15.8. The average Bonchev–Trinajstić information content (AvgIpc) is 3.35. The van der Waals surface area contributed by atoms with E-state index in [2.05, 4.69) is 74.0 Å². The van der Waals surface area contributed by atoms with Gasteiger partial charge >= 0.3 is 0 Å². The molecule has 0 amide bonds. The Morgan fingerprint density at radius 2 is 1.39 bits per heavy atom. The molecular weight excluding hydrogens is 525 g/mol. The molecule has 0 bridgehead atoms. The van der Waals surface area contributed by atoms with Crippen LogP contribution in [0.15, 0.2) is 53.5 Å². The van der Waals surface area contributed by atoms with Gasteiger partial charge in [-0.05, 0) is 48.2 Å². The molecule has 4 rings (SSSR count). The van der Waals surface area contributed by atoms with Gasteiger partial charge < -0.3 is 15.4 Å². The fourth-order valence-electron chi connectivity index (χ4n) is 4.43. The molecule has 2 N–H and O–H groups in total. The fourth-order valence-corrected chi connectivity index (χ4v) is 4.43. The number of hydrogen-bond donors (Lipinski definition) is 2. The van der Waals surface area contributed by atoms with E-state index in [0.29, 0.717) is 0 Å². The van der Waals surface area contributed by atoms with Crippen molar-refractivity contribution >= 4 is 29.9 Å². The molecule has 7 heteroatoms. The van der Waals surface area contributed by atoms with Crippen molar-refractivity contribution in [2.75, 3.05) is 46.4 Å². The highest BCUT2D eigenvalue weighted by Gasteiger charge is 2.13. The maximum absolute atomic E-state index is 5.48. The molecule has 6 nitrogen and oxygen atoms in total. The van der Waals surface area contributed by atoms with Gasteiger partial charge in [0.1, 0.15) is 0 Å². The van der Waals surface area contributed by atoms with Gasteiger partial charge in [0, 0.05) is 46.3 Å². The van der Waals surface area contributed by atoms with Crippen LogP contribution in [-0.2, 0) is 30.9 Å². The van der Waals surface area contributed by atoms with Gasteiger partial charge in [-0.1, -0.05) is 48.5 Å². The minimum atomic E-state index is 0. The number of halogens is 1. The predicted molar refractivity (Wildman–Crippen MR) is 146 cm³/mol. The molecule has 180 valence electrons. The van der Waals surface area contributed by atoms with Crippen molar-refractivity contribution in [3.8, 4) is 0 Å². The first-order valence-electron chi connectivity index (χ1n) is 11.9. The Hall–Kier alpha value is -1.68. The van der Waals surface area contributed by atoms with Gasteiger partial charge in [-0.25, -0.2) is 0 Å². The van der Waals surface area contributed by atoms with E-state index in [1.54, 1.807) is 0 Å². The van der Waals surface area contributed by atoms with Crippen LogP contribution in [0, 0.1) is 0 Å². The molecular formula is C26H38IN5O. The van der Waals surface area contributed by atoms with Gasteiger partial charge in [-0.3, -0.25) is 14.8 Å². The fraction of sp³-hybridized carbons (Fsp3) is 0.500. The van der Waals surface area contributed by atoms with E-state index < -0.39 is 0 Å². The molecule has 2 heterocycles. The molecule has 0 radical (unpaired) electrons. The van der Waals surface area contributed by atoms with Gasteiger partial charge in [-0.2, -0.15) is 0 Å². The molecule has 2 aromatic carbocycles. The van der Waals surface area contributed by atoms with Crippen LogP contribution < -0.4 is 10.6 Å². The van der Waals surface area contributed by atoms with Gasteiger partial charge in [0.05, 0.1) is 13.2 Å². The lowest BCUT2D eigenvalue weighted by molar-refractivity contribution is 0.0341. The summed E-state index contributed by atoms with van der Waals surface area (Å²) in [5, 5.41) is 6.93. The van der Waals surface area contributed by atoms with Gasteiger partial charge in [0.25, 0.3) is 0 Å². The number of nitrogens with one attached hydrogen (secondary N) is 2. The van der Waals surface area contributed by atoms with E-state index in [1.165, 1.54) is 48.2 Å². The molecule has 0 saturated carbocycles. The van der Waals surface area contributed by atoms with Crippen LogP contribution >= 0.6 is 24.0 Å². The van der Waals surface area contributed by atoms with E-state index in [4.69, 9.17) is 4.74 Å². The van der Waals surface area contributed by atoms with Crippen molar-refractivity contribution in [1.29, 1.82) is 0 Å². The topological polar surface area (TPSA) is 52.1 Å². The Bertz CT molecular complexity index is 861. The normalized spacial score (nSPS) is 17.5. The summed E-state index contributed by atoms with van der Waals surface area (Å²) in [6.45, 7) is 9.70. The van der Waals surface area contributed by atoms with Crippen molar-refractivity contribution in [3.63, 3.8) is 0 Å². The molecule has 0 aromatic heterocycles. The Balaban J connectivity index is 0.00000306. The number of ether oxygens (including phenoxy) is 1. The first-order valence-corrected chi connectivity index (χ1v) is 11.9. The molecule has 0 spiro atoms. The second-order valence-electron chi connectivity index (χ2n) is 8.74. The molecule has 2 aliphatic heterocycles. The number of likely N-dealkylation sites (tertiary alicyclic amines) is 1. The number of hydrogen-bond acceptors (Lipinski definition) is 4. The molecule has 2 aliphatic rings. The van der Waals surface area contributed by atoms with Crippen molar-refractivity contribution < 1.29 is 4.74 Å².